The molecule has 156 valence electrons. The highest BCUT2D eigenvalue weighted by molar-refractivity contribution is 5.80. The largest absolute Gasteiger partial charge is 0.507 e. The molecule has 0 amide bonds. The lowest BCUT2D eigenvalue weighted by Crippen LogP contribution is -2.33. The first kappa shape index (κ1) is 19.0. The van der Waals surface area contributed by atoms with Gasteiger partial charge in [0.2, 0.25) is 0 Å². The third kappa shape index (κ3) is 2.64. The lowest BCUT2D eigenvalue weighted by atomic mass is 9.83. The minimum absolute atomic E-state index is 0.0843. The molecule has 2 N–H and O–H groups in total. The molecule has 0 saturated heterocycles. The van der Waals surface area contributed by atoms with Crippen LogP contribution >= 0.6 is 0 Å². The Labute approximate surface area is 177 Å². The SMILES string of the molecule is Cc1c(C)c2c(c(C)c1O)C(Cn1nccc1-c1cccc3c1NCC3)C(C)(C)O2. The Morgan fingerprint density at radius 2 is 1.97 bits per heavy atom. The van der Waals surface area contributed by atoms with E-state index >= 15 is 0 Å². The maximum Gasteiger partial charge on any atom is 0.127 e. The Bertz CT molecular complexity index is 1160. The number of benzene rings is 2. The van der Waals surface area contributed by atoms with Gasteiger partial charge in [0.05, 0.1) is 12.2 Å². The van der Waals surface area contributed by atoms with Gasteiger partial charge in [0.25, 0.3) is 0 Å². The molecule has 5 rings (SSSR count). The van der Waals surface area contributed by atoms with Crippen LogP contribution in [0.25, 0.3) is 11.3 Å². The van der Waals surface area contributed by atoms with Crippen LogP contribution in [-0.4, -0.2) is 27.0 Å². The fourth-order valence-corrected chi connectivity index (χ4v) is 5.11. The second kappa shape index (κ2) is 6.53. The van der Waals surface area contributed by atoms with Crippen molar-refractivity contribution >= 4 is 5.69 Å². The van der Waals surface area contributed by atoms with E-state index in [4.69, 9.17) is 4.74 Å². The van der Waals surface area contributed by atoms with Crippen molar-refractivity contribution in [2.45, 2.75) is 59.1 Å². The first-order chi connectivity index (χ1) is 14.3. The van der Waals surface area contributed by atoms with Gasteiger partial charge in [-0.3, -0.25) is 4.68 Å². The molecule has 5 nitrogen and oxygen atoms in total. The van der Waals surface area contributed by atoms with E-state index in [2.05, 4.69) is 53.2 Å². The fourth-order valence-electron chi connectivity index (χ4n) is 5.11. The minimum atomic E-state index is -0.391. The summed E-state index contributed by atoms with van der Waals surface area (Å²) < 4.78 is 8.55. The maximum absolute atomic E-state index is 10.7. The molecule has 1 atom stereocenters. The van der Waals surface area contributed by atoms with Crippen LogP contribution in [0.15, 0.2) is 30.5 Å². The standard InChI is InChI=1S/C25H29N3O2/c1-14-15(2)24-21(16(3)23(14)29)19(25(4,5)30-24)13-28-20(10-12-27-28)18-8-6-7-17-9-11-26-22(17)18/h6-8,10,12,19,26,29H,9,11,13H2,1-5H3. The van der Waals surface area contributed by atoms with Crippen molar-refractivity contribution in [2.75, 3.05) is 11.9 Å². The van der Waals surface area contributed by atoms with Gasteiger partial charge >= 0.3 is 0 Å². The predicted octanol–water partition coefficient (Wildman–Crippen LogP) is 5.10. The molecule has 0 fully saturated rings. The van der Waals surface area contributed by atoms with Crippen LogP contribution < -0.4 is 10.1 Å². The molecule has 0 aliphatic carbocycles. The Morgan fingerprint density at radius 3 is 2.77 bits per heavy atom. The molecule has 30 heavy (non-hydrogen) atoms. The van der Waals surface area contributed by atoms with Crippen LogP contribution in [-0.2, 0) is 13.0 Å². The van der Waals surface area contributed by atoms with Crippen molar-refractivity contribution in [3.63, 3.8) is 0 Å². The van der Waals surface area contributed by atoms with Crippen LogP contribution in [0.2, 0.25) is 0 Å². The highest BCUT2D eigenvalue weighted by atomic mass is 16.5. The van der Waals surface area contributed by atoms with Crippen LogP contribution in [0.3, 0.4) is 0 Å². The second-order valence-corrected chi connectivity index (χ2v) is 9.14. The normalized spacial score (nSPS) is 18.6. The molecule has 1 aromatic heterocycles. The average molecular weight is 404 g/mol. The van der Waals surface area contributed by atoms with E-state index in [1.807, 2.05) is 27.0 Å². The zero-order chi connectivity index (χ0) is 21.2. The number of ether oxygens (including phenoxy) is 1. The van der Waals surface area contributed by atoms with Gasteiger partial charge in [-0.25, -0.2) is 0 Å². The summed E-state index contributed by atoms with van der Waals surface area (Å²) in [5, 5.41) is 18.9. The Kier molecular flexibility index (Phi) is 4.14. The van der Waals surface area contributed by atoms with Crippen LogP contribution in [0.1, 0.15) is 47.6 Å². The van der Waals surface area contributed by atoms with Gasteiger partial charge in [-0.1, -0.05) is 18.2 Å². The van der Waals surface area contributed by atoms with E-state index in [1.165, 1.54) is 16.8 Å². The third-order valence-electron chi connectivity index (χ3n) is 7.01. The molecule has 1 unspecified atom stereocenters. The number of nitrogens with one attached hydrogen (secondary N) is 1. The average Bonchev–Trinajstić information content (AvgIpc) is 3.43. The predicted molar refractivity (Wildman–Crippen MR) is 120 cm³/mol. The van der Waals surface area contributed by atoms with Crippen LogP contribution in [0.4, 0.5) is 5.69 Å². The van der Waals surface area contributed by atoms with E-state index in [0.717, 1.165) is 46.7 Å². The summed E-state index contributed by atoms with van der Waals surface area (Å²) >= 11 is 0. The van der Waals surface area contributed by atoms with Crippen LogP contribution in [0, 0.1) is 20.8 Å². The number of anilines is 1. The van der Waals surface area contributed by atoms with Crippen molar-refractivity contribution in [1.29, 1.82) is 0 Å². The number of aromatic hydroxyl groups is 1. The number of nitrogens with zero attached hydrogens (tertiary/aromatic N) is 2. The molecule has 5 heteroatoms. The molecule has 2 aromatic carbocycles. The Balaban J connectivity index is 1.60. The molecule has 3 heterocycles. The number of hydrogen-bond acceptors (Lipinski definition) is 4. The van der Waals surface area contributed by atoms with Crippen molar-refractivity contribution in [3.05, 3.63) is 58.3 Å². The summed E-state index contributed by atoms with van der Waals surface area (Å²) in [4.78, 5) is 0. The number of aromatic nitrogens is 2. The summed E-state index contributed by atoms with van der Waals surface area (Å²) in [5.74, 6) is 1.39. The number of rotatable bonds is 3. The summed E-state index contributed by atoms with van der Waals surface area (Å²) in [6, 6.07) is 8.58. The molecule has 0 saturated carbocycles. The number of para-hydroxylation sites is 1. The van der Waals surface area contributed by atoms with Gasteiger partial charge in [0.1, 0.15) is 17.1 Å². The third-order valence-corrected chi connectivity index (χ3v) is 7.01. The molecule has 2 aliphatic rings. The molecule has 2 aliphatic heterocycles. The first-order valence-corrected chi connectivity index (χ1v) is 10.7. The fraction of sp³-hybridized carbons (Fsp3) is 0.400. The number of phenolic OH excluding ortho intramolecular Hbond substituents is 1. The monoisotopic (exact) mass is 403 g/mol. The lowest BCUT2D eigenvalue weighted by Gasteiger charge is -2.27. The van der Waals surface area contributed by atoms with Gasteiger partial charge in [0, 0.05) is 35.5 Å². The zero-order valence-corrected chi connectivity index (χ0v) is 18.3. The zero-order valence-electron chi connectivity index (χ0n) is 18.3. The van der Waals surface area contributed by atoms with Gasteiger partial charge in [0.15, 0.2) is 0 Å². The number of phenols is 1. The van der Waals surface area contributed by atoms with Gasteiger partial charge in [-0.15, -0.1) is 0 Å². The van der Waals surface area contributed by atoms with E-state index in [9.17, 15) is 5.11 Å². The van der Waals surface area contributed by atoms with E-state index in [1.54, 1.807) is 0 Å². The topological polar surface area (TPSA) is 59.3 Å². The lowest BCUT2D eigenvalue weighted by molar-refractivity contribution is 0.101. The minimum Gasteiger partial charge on any atom is -0.507 e. The molecular weight excluding hydrogens is 374 g/mol. The quantitative estimate of drug-likeness (QED) is 0.638. The highest BCUT2D eigenvalue weighted by Gasteiger charge is 2.44. The number of fused-ring (bicyclic) bond motifs is 2. The van der Waals surface area contributed by atoms with Gasteiger partial charge in [-0.2, -0.15) is 5.10 Å². The maximum atomic E-state index is 10.7. The first-order valence-electron chi connectivity index (χ1n) is 10.7. The van der Waals surface area contributed by atoms with Gasteiger partial charge in [-0.05, 0) is 69.4 Å². The summed E-state index contributed by atoms with van der Waals surface area (Å²) in [6.45, 7) is 11.9. The molecule has 0 radical (unpaired) electrons. The summed E-state index contributed by atoms with van der Waals surface area (Å²) in [5.41, 5.74) is 8.44. The Morgan fingerprint density at radius 1 is 1.17 bits per heavy atom. The van der Waals surface area contributed by atoms with Crippen molar-refractivity contribution in [3.8, 4) is 22.8 Å². The highest BCUT2D eigenvalue weighted by Crippen LogP contribution is 2.52. The van der Waals surface area contributed by atoms with Crippen molar-refractivity contribution < 1.29 is 9.84 Å². The second-order valence-electron chi connectivity index (χ2n) is 9.14. The number of hydrogen-bond donors (Lipinski definition) is 2. The van der Waals surface area contributed by atoms with Crippen LogP contribution in [0.5, 0.6) is 11.5 Å². The molecule has 3 aromatic rings. The smallest absolute Gasteiger partial charge is 0.127 e. The van der Waals surface area contributed by atoms with E-state index < -0.39 is 5.60 Å². The summed E-state index contributed by atoms with van der Waals surface area (Å²) in [6.07, 6.45) is 2.93. The van der Waals surface area contributed by atoms with E-state index in [-0.39, 0.29) is 5.92 Å². The van der Waals surface area contributed by atoms with E-state index in [0.29, 0.717) is 12.3 Å². The van der Waals surface area contributed by atoms with Gasteiger partial charge < -0.3 is 15.2 Å². The molecule has 0 spiro atoms. The molecular formula is C25H29N3O2. The van der Waals surface area contributed by atoms with Crippen molar-refractivity contribution in [2.24, 2.45) is 0 Å². The van der Waals surface area contributed by atoms with Crippen molar-refractivity contribution in [1.82, 2.24) is 9.78 Å². The summed E-state index contributed by atoms with van der Waals surface area (Å²) in [7, 11) is 0. The molecule has 0 bridgehead atoms. The Hall–Kier alpha value is -2.95.